The van der Waals surface area contributed by atoms with Gasteiger partial charge in [-0.2, -0.15) is 5.10 Å². The van der Waals surface area contributed by atoms with Crippen LogP contribution in [0.3, 0.4) is 0 Å². The number of nitrogens with one attached hydrogen (secondary N) is 2. The molecule has 320 valence electrons. The van der Waals surface area contributed by atoms with E-state index < -0.39 is 41.6 Å². The predicted molar refractivity (Wildman–Crippen MR) is 226 cm³/mol. The molecule has 4 aliphatic heterocycles. The van der Waals surface area contributed by atoms with Crippen LogP contribution in [-0.4, -0.2) is 104 Å². The number of anilines is 2. The molecule has 6 heterocycles. The second-order valence-electron chi connectivity index (χ2n) is 16.0. The highest BCUT2D eigenvalue weighted by Gasteiger charge is 2.46. The van der Waals surface area contributed by atoms with Gasteiger partial charge in [0.25, 0.3) is 11.8 Å². The van der Waals surface area contributed by atoms with Crippen LogP contribution in [0.2, 0.25) is 10.0 Å². The minimum atomic E-state index is -1.00. The third-order valence-electron chi connectivity index (χ3n) is 11.9. The Morgan fingerprint density at radius 2 is 1.80 bits per heavy atom. The fourth-order valence-corrected chi connectivity index (χ4v) is 9.26. The quantitative estimate of drug-likeness (QED) is 0.0763. The van der Waals surface area contributed by atoms with E-state index in [-0.39, 0.29) is 57.8 Å². The lowest BCUT2D eigenvalue weighted by Gasteiger charge is -2.40. The molecule has 18 heteroatoms. The van der Waals surface area contributed by atoms with Crippen molar-refractivity contribution in [2.75, 3.05) is 43.8 Å². The fourth-order valence-electron chi connectivity index (χ4n) is 8.58. The molecule has 2 aromatic carbocycles. The van der Waals surface area contributed by atoms with E-state index in [1.54, 1.807) is 43.6 Å². The summed E-state index contributed by atoms with van der Waals surface area (Å²) in [4.78, 5) is 73.3. The molecule has 0 radical (unpaired) electrons. The summed E-state index contributed by atoms with van der Waals surface area (Å²) in [5, 5.41) is 10.4. The van der Waals surface area contributed by atoms with Crippen LogP contribution in [0.4, 0.5) is 15.9 Å². The van der Waals surface area contributed by atoms with Gasteiger partial charge in [-0.15, -0.1) is 0 Å². The molecule has 4 aromatic rings. The highest BCUT2D eigenvalue weighted by Crippen LogP contribution is 2.38. The first kappa shape index (κ1) is 42.1. The minimum absolute atomic E-state index is 0.0704. The van der Waals surface area contributed by atoms with Crippen LogP contribution in [0.5, 0.6) is 5.75 Å². The molecule has 2 unspecified atom stereocenters. The number of piperidine rings is 2. The first-order valence-corrected chi connectivity index (χ1v) is 21.3. The number of nitrogens with zero attached hydrogens (tertiary/aromatic N) is 6. The second-order valence-corrected chi connectivity index (χ2v) is 16.8. The first-order chi connectivity index (χ1) is 29.4. The minimum Gasteiger partial charge on any atom is -0.482 e. The van der Waals surface area contributed by atoms with Gasteiger partial charge in [-0.05, 0) is 75.9 Å². The molecule has 61 heavy (non-hydrogen) atoms. The molecular formula is C43H46Cl2FN9O6. The molecule has 3 fully saturated rings. The van der Waals surface area contributed by atoms with Crippen molar-refractivity contribution in [2.24, 2.45) is 0 Å². The maximum absolute atomic E-state index is 14.2. The van der Waals surface area contributed by atoms with Gasteiger partial charge in [0.15, 0.2) is 11.6 Å². The summed E-state index contributed by atoms with van der Waals surface area (Å²) in [6.45, 7) is 5.48. The molecule has 0 spiro atoms. The van der Waals surface area contributed by atoms with Gasteiger partial charge in [-0.25, -0.2) is 9.37 Å². The van der Waals surface area contributed by atoms with Crippen LogP contribution in [0, 0.1) is 5.82 Å². The van der Waals surface area contributed by atoms with Crippen molar-refractivity contribution in [1.82, 2.24) is 34.8 Å². The summed E-state index contributed by atoms with van der Waals surface area (Å²) in [7, 11) is 0. The standard InChI is InChI=1S/C43H46Cl2FN9O6/c1-24(37-30(44)9-10-31(46)39(37)45)61-34-18-25(19-48-40(34)47)26-20-49-54(21-26)28-13-16-53(17-14-28)36(57)8-3-2-4-15-52-22-27(23-52)50-32-7-5-6-29-38(32)43(60)55(42(29)59)33-11-12-35(56)51-41(33)58/h5-7,9-10,18-21,24,27-28,33,50H,2-4,8,11-17,22-23H2,1H3,(H2,47,48)(H,51,56,58). The van der Waals surface area contributed by atoms with Crippen molar-refractivity contribution in [3.8, 4) is 16.9 Å². The summed E-state index contributed by atoms with van der Waals surface area (Å²) in [6.07, 6.45) is 9.62. The second kappa shape index (κ2) is 17.8. The normalized spacial score (nSPS) is 19.2. The number of imide groups is 2. The average molecular weight is 875 g/mol. The lowest BCUT2D eigenvalue weighted by atomic mass is 10.0. The van der Waals surface area contributed by atoms with Crippen molar-refractivity contribution < 1.29 is 33.1 Å². The predicted octanol–water partition coefficient (Wildman–Crippen LogP) is 6.03. The smallest absolute Gasteiger partial charge is 0.264 e. The van der Waals surface area contributed by atoms with E-state index >= 15 is 0 Å². The maximum Gasteiger partial charge on any atom is 0.264 e. The van der Waals surface area contributed by atoms with Crippen molar-refractivity contribution in [2.45, 2.75) is 82.5 Å². The number of nitrogen functional groups attached to an aromatic ring is 1. The van der Waals surface area contributed by atoms with Crippen LogP contribution in [0.1, 0.15) is 96.7 Å². The highest BCUT2D eigenvalue weighted by atomic mass is 35.5. The molecule has 0 aliphatic carbocycles. The largest absolute Gasteiger partial charge is 0.482 e. The Hall–Kier alpha value is -5.58. The van der Waals surface area contributed by atoms with Gasteiger partial charge in [0.05, 0.1) is 34.4 Å². The summed E-state index contributed by atoms with van der Waals surface area (Å²) < 4.78 is 22.1. The molecule has 4 aliphatic rings. The molecular weight excluding hydrogens is 828 g/mol. The monoisotopic (exact) mass is 873 g/mol. The van der Waals surface area contributed by atoms with Crippen molar-refractivity contribution in [1.29, 1.82) is 0 Å². The molecule has 15 nitrogen and oxygen atoms in total. The number of likely N-dealkylation sites (tertiary alicyclic amines) is 2. The molecule has 5 amide bonds. The van der Waals surface area contributed by atoms with Crippen molar-refractivity contribution >= 4 is 64.2 Å². The maximum atomic E-state index is 14.2. The Morgan fingerprint density at radius 3 is 2.57 bits per heavy atom. The SMILES string of the molecule is CC(Oc1cc(-c2cnn(C3CCN(C(=O)CCCCCN4CC(Nc5cccc6c5C(=O)N(C5CCC(=O)NC5=O)C6=O)C4)CC3)c2)cnc1N)c1c(Cl)ccc(F)c1Cl. The Kier molecular flexibility index (Phi) is 12.3. The lowest BCUT2D eigenvalue weighted by molar-refractivity contribution is -0.136. The molecule has 2 atom stereocenters. The molecule has 0 bridgehead atoms. The van der Waals surface area contributed by atoms with Gasteiger partial charge in [0, 0.05) is 78.8 Å². The Balaban J connectivity index is 0.740. The van der Waals surface area contributed by atoms with Crippen LogP contribution in [0.25, 0.3) is 11.1 Å². The van der Waals surface area contributed by atoms with E-state index in [0.717, 1.165) is 67.8 Å². The summed E-state index contributed by atoms with van der Waals surface area (Å²) in [6, 6.07) is 8.71. The van der Waals surface area contributed by atoms with Gasteiger partial charge < -0.3 is 20.7 Å². The number of aromatic nitrogens is 3. The van der Waals surface area contributed by atoms with Gasteiger partial charge in [0.1, 0.15) is 18.0 Å². The van der Waals surface area contributed by atoms with Crippen molar-refractivity contribution in [3.63, 3.8) is 0 Å². The number of carbonyl (C=O) groups is 5. The summed E-state index contributed by atoms with van der Waals surface area (Å²) >= 11 is 12.5. The molecule has 3 saturated heterocycles. The molecule has 4 N–H and O–H groups in total. The Morgan fingerprint density at radius 1 is 1.02 bits per heavy atom. The number of pyridine rings is 1. The number of ether oxygens (including phenoxy) is 1. The lowest BCUT2D eigenvalue weighted by Crippen LogP contribution is -2.55. The van der Waals surface area contributed by atoms with E-state index in [2.05, 4.69) is 25.6 Å². The third-order valence-corrected chi connectivity index (χ3v) is 12.7. The zero-order valence-corrected chi connectivity index (χ0v) is 35.1. The third kappa shape index (κ3) is 8.79. The first-order valence-electron chi connectivity index (χ1n) is 20.6. The average Bonchev–Trinajstić information content (AvgIpc) is 3.82. The van der Waals surface area contributed by atoms with E-state index in [1.165, 1.54) is 12.1 Å². The number of benzene rings is 2. The molecule has 2 aromatic heterocycles. The number of hydrogen-bond donors (Lipinski definition) is 3. The van der Waals surface area contributed by atoms with Crippen molar-refractivity contribution in [3.05, 3.63) is 87.5 Å². The summed E-state index contributed by atoms with van der Waals surface area (Å²) in [5.41, 5.74) is 9.10. The van der Waals surface area contributed by atoms with E-state index in [1.807, 2.05) is 15.8 Å². The van der Waals surface area contributed by atoms with E-state index in [9.17, 15) is 28.4 Å². The number of nitrogens with two attached hydrogens (primary N) is 1. The molecule has 8 rings (SSSR count). The fraction of sp³-hybridized carbons (Fsp3) is 0.419. The van der Waals surface area contributed by atoms with E-state index in [0.29, 0.717) is 36.5 Å². The Bertz CT molecular complexity index is 2380. The zero-order valence-electron chi connectivity index (χ0n) is 33.5. The van der Waals surface area contributed by atoms with Crippen LogP contribution in [0.15, 0.2) is 55.0 Å². The topological polar surface area (TPSA) is 185 Å². The van der Waals surface area contributed by atoms with E-state index in [4.69, 9.17) is 33.7 Å². The highest BCUT2D eigenvalue weighted by molar-refractivity contribution is 6.36. The Labute approximate surface area is 361 Å². The van der Waals surface area contributed by atoms with Gasteiger partial charge >= 0.3 is 0 Å². The number of rotatable bonds is 14. The number of halogens is 3. The zero-order chi connectivity index (χ0) is 42.9. The molecule has 0 saturated carbocycles. The van der Waals surface area contributed by atoms with Gasteiger partial charge in [0.2, 0.25) is 17.7 Å². The number of unbranched alkanes of at least 4 members (excludes halogenated alkanes) is 2. The number of amides is 5. The van der Waals surface area contributed by atoms with Crippen LogP contribution in [-0.2, 0) is 14.4 Å². The van der Waals surface area contributed by atoms with Crippen LogP contribution >= 0.6 is 23.2 Å². The summed E-state index contributed by atoms with van der Waals surface area (Å²) in [5.74, 6) is -2.04. The van der Waals surface area contributed by atoms with Gasteiger partial charge in [-0.3, -0.25) is 43.8 Å². The number of hydrogen-bond acceptors (Lipinski definition) is 11. The number of carbonyl (C=O) groups excluding carboxylic acids is 5. The van der Waals surface area contributed by atoms with Gasteiger partial charge in [-0.1, -0.05) is 35.7 Å². The van der Waals surface area contributed by atoms with Crippen LogP contribution < -0.4 is 21.1 Å². The number of fused-ring (bicyclic) bond motifs is 1.